The van der Waals surface area contributed by atoms with Crippen molar-refractivity contribution in [3.05, 3.63) is 57.4 Å². The summed E-state index contributed by atoms with van der Waals surface area (Å²) in [5.74, 6) is 1.48. The summed E-state index contributed by atoms with van der Waals surface area (Å²) >= 11 is 7.94. The van der Waals surface area contributed by atoms with Gasteiger partial charge < -0.3 is 15.0 Å². The van der Waals surface area contributed by atoms with Crippen LogP contribution in [0.5, 0.6) is 0 Å². The van der Waals surface area contributed by atoms with Gasteiger partial charge in [-0.1, -0.05) is 30.7 Å². The zero-order valence-electron chi connectivity index (χ0n) is 16.3. The van der Waals surface area contributed by atoms with Gasteiger partial charge in [-0.2, -0.15) is 11.8 Å². The van der Waals surface area contributed by atoms with Gasteiger partial charge in [-0.15, -0.1) is 0 Å². The Kier molecular flexibility index (Phi) is 8.74. The quantitative estimate of drug-likeness (QED) is 0.506. The molecule has 4 nitrogen and oxygen atoms in total. The van der Waals surface area contributed by atoms with E-state index in [0.717, 1.165) is 41.2 Å². The Morgan fingerprint density at radius 2 is 1.89 bits per heavy atom. The van der Waals surface area contributed by atoms with Crippen molar-refractivity contribution in [3.63, 3.8) is 0 Å². The van der Waals surface area contributed by atoms with Crippen molar-refractivity contribution in [1.29, 1.82) is 0 Å². The van der Waals surface area contributed by atoms with Crippen molar-refractivity contribution < 1.29 is 9.90 Å². The third kappa shape index (κ3) is 6.03. The lowest BCUT2D eigenvalue weighted by Gasteiger charge is -2.10. The van der Waals surface area contributed by atoms with Gasteiger partial charge in [0.25, 0.3) is 0 Å². The number of halogens is 1. The number of nitrogens with zero attached hydrogens (tertiary/aromatic N) is 1. The Morgan fingerprint density at radius 1 is 1.19 bits per heavy atom. The molecule has 0 aliphatic heterocycles. The lowest BCUT2D eigenvalue weighted by atomic mass is 10.1. The number of nitrogens with one attached hydrogen (secondary N) is 1. The summed E-state index contributed by atoms with van der Waals surface area (Å²) in [4.78, 5) is 11.9. The minimum atomic E-state index is -0.860. The van der Waals surface area contributed by atoms with Crippen molar-refractivity contribution in [2.75, 3.05) is 18.1 Å². The van der Waals surface area contributed by atoms with E-state index in [-0.39, 0.29) is 0 Å². The number of aromatic nitrogens is 1. The molecule has 2 N–H and O–H groups in total. The summed E-state index contributed by atoms with van der Waals surface area (Å²) in [5, 5.41) is 13.8. The van der Waals surface area contributed by atoms with Gasteiger partial charge in [0.05, 0.1) is 5.56 Å². The van der Waals surface area contributed by atoms with Crippen molar-refractivity contribution in [3.8, 4) is 0 Å². The van der Waals surface area contributed by atoms with E-state index in [4.69, 9.17) is 11.6 Å². The molecule has 1 aromatic carbocycles. The molecule has 0 radical (unpaired) electrons. The number of rotatable bonds is 11. The van der Waals surface area contributed by atoms with E-state index in [0.29, 0.717) is 23.7 Å². The summed E-state index contributed by atoms with van der Waals surface area (Å²) in [6.07, 6.45) is 2.30. The normalized spacial score (nSPS) is 11.1. The molecule has 0 amide bonds. The molecule has 6 heteroatoms. The maximum Gasteiger partial charge on any atom is 0.337 e. The molecule has 0 fully saturated rings. The summed E-state index contributed by atoms with van der Waals surface area (Å²) in [5.41, 5.74) is 4.22. The monoisotopic (exact) mass is 408 g/mol. The average molecular weight is 409 g/mol. The molecule has 148 valence electrons. The molecule has 2 rings (SSSR count). The lowest BCUT2D eigenvalue weighted by Crippen LogP contribution is -2.17. The van der Waals surface area contributed by atoms with E-state index in [1.165, 1.54) is 12.2 Å². The fourth-order valence-corrected chi connectivity index (χ4v) is 4.18. The maximum atomic E-state index is 11.9. The fraction of sp³-hybridized carbons (Fsp3) is 0.476. The van der Waals surface area contributed by atoms with Crippen LogP contribution in [0.25, 0.3) is 0 Å². The van der Waals surface area contributed by atoms with E-state index in [1.54, 1.807) is 0 Å². The molecule has 0 spiro atoms. The number of hydrogen-bond acceptors (Lipinski definition) is 3. The first-order valence-electron chi connectivity index (χ1n) is 9.40. The van der Waals surface area contributed by atoms with E-state index >= 15 is 0 Å². The highest BCUT2D eigenvalue weighted by molar-refractivity contribution is 7.99. The molecule has 0 aliphatic rings. The molecule has 0 atom stereocenters. The van der Waals surface area contributed by atoms with Gasteiger partial charge in [-0.05, 0) is 62.4 Å². The van der Waals surface area contributed by atoms with Crippen LogP contribution in [0.4, 0.5) is 0 Å². The number of thioether (sulfide) groups is 1. The molecule has 1 heterocycles. The minimum Gasteiger partial charge on any atom is -0.478 e. The highest BCUT2D eigenvalue weighted by Gasteiger charge is 2.22. The Hall–Kier alpha value is -1.43. The van der Waals surface area contributed by atoms with Crippen LogP contribution in [0.15, 0.2) is 24.3 Å². The van der Waals surface area contributed by atoms with Crippen LogP contribution in [0.1, 0.15) is 52.6 Å². The van der Waals surface area contributed by atoms with Gasteiger partial charge in [-0.3, -0.25) is 0 Å². The third-order valence-electron chi connectivity index (χ3n) is 4.67. The Balaban J connectivity index is 2.09. The lowest BCUT2D eigenvalue weighted by molar-refractivity contribution is 0.0694. The number of benzene rings is 1. The zero-order valence-corrected chi connectivity index (χ0v) is 17.9. The summed E-state index contributed by atoms with van der Waals surface area (Å²) in [6, 6.07) is 7.69. The average Bonchev–Trinajstić information content (AvgIpc) is 2.87. The van der Waals surface area contributed by atoms with E-state index in [1.807, 2.05) is 49.9 Å². The van der Waals surface area contributed by atoms with Crippen molar-refractivity contribution in [1.82, 2.24) is 9.88 Å². The Labute approximate surface area is 171 Å². The number of carbonyl (C=O) groups is 1. The first kappa shape index (κ1) is 21.9. The first-order chi connectivity index (χ1) is 13.0. The summed E-state index contributed by atoms with van der Waals surface area (Å²) in [6.45, 7) is 8.21. The Morgan fingerprint density at radius 3 is 2.52 bits per heavy atom. The molecular formula is C21H29ClN2O2S. The van der Waals surface area contributed by atoms with Crippen molar-refractivity contribution in [2.45, 2.75) is 46.7 Å². The van der Waals surface area contributed by atoms with E-state index < -0.39 is 5.97 Å². The van der Waals surface area contributed by atoms with Gasteiger partial charge in [0.2, 0.25) is 0 Å². The van der Waals surface area contributed by atoms with Crippen LogP contribution >= 0.6 is 23.4 Å². The van der Waals surface area contributed by atoms with Crippen LogP contribution in [-0.4, -0.2) is 33.7 Å². The predicted molar refractivity (Wildman–Crippen MR) is 115 cm³/mol. The smallest absolute Gasteiger partial charge is 0.337 e. The van der Waals surface area contributed by atoms with E-state index in [2.05, 4.69) is 16.8 Å². The zero-order chi connectivity index (χ0) is 19.8. The predicted octanol–water partition coefficient (Wildman–Crippen LogP) is 5.13. The molecule has 0 unspecified atom stereocenters. The van der Waals surface area contributed by atoms with Gasteiger partial charge in [0.1, 0.15) is 0 Å². The molecule has 27 heavy (non-hydrogen) atoms. The standard InChI is InChI=1S/C21H29ClN2O2S/c1-4-11-27-12-5-10-23-13-19-15(2)24(16(3)20(19)21(25)26)14-17-6-8-18(22)9-7-17/h6-9,23H,4-5,10-14H2,1-3H3,(H,25,26). The van der Waals surface area contributed by atoms with Crippen molar-refractivity contribution in [2.24, 2.45) is 0 Å². The third-order valence-corrected chi connectivity index (χ3v) is 6.20. The molecule has 0 saturated carbocycles. The highest BCUT2D eigenvalue weighted by Crippen LogP contribution is 2.24. The second-order valence-electron chi connectivity index (χ2n) is 6.68. The number of aromatic carboxylic acids is 1. The second kappa shape index (κ2) is 10.8. The first-order valence-corrected chi connectivity index (χ1v) is 10.9. The number of carboxylic acid groups (broad SMARTS) is 1. The largest absolute Gasteiger partial charge is 0.478 e. The van der Waals surface area contributed by atoms with Gasteiger partial charge in [-0.25, -0.2) is 4.79 Å². The highest BCUT2D eigenvalue weighted by atomic mass is 35.5. The van der Waals surface area contributed by atoms with Gasteiger partial charge in [0, 0.05) is 35.1 Å². The molecule has 1 aromatic heterocycles. The number of hydrogen-bond donors (Lipinski definition) is 2. The van der Waals surface area contributed by atoms with E-state index in [9.17, 15) is 9.90 Å². The van der Waals surface area contributed by atoms with Crippen LogP contribution in [0.2, 0.25) is 5.02 Å². The molecule has 0 bridgehead atoms. The number of carboxylic acids is 1. The topological polar surface area (TPSA) is 54.3 Å². The maximum absolute atomic E-state index is 11.9. The summed E-state index contributed by atoms with van der Waals surface area (Å²) < 4.78 is 2.08. The molecule has 2 aromatic rings. The van der Waals surface area contributed by atoms with Gasteiger partial charge in [0.15, 0.2) is 0 Å². The fourth-order valence-electron chi connectivity index (χ4n) is 3.22. The molecule has 0 saturated heterocycles. The van der Waals surface area contributed by atoms with Crippen molar-refractivity contribution >= 4 is 29.3 Å². The van der Waals surface area contributed by atoms with Crippen LogP contribution in [0.3, 0.4) is 0 Å². The molecular weight excluding hydrogens is 380 g/mol. The van der Waals surface area contributed by atoms with Crippen LogP contribution in [0, 0.1) is 13.8 Å². The minimum absolute atomic E-state index is 0.425. The SMILES string of the molecule is CCCSCCCNCc1c(C(=O)O)c(C)n(Cc2ccc(Cl)cc2)c1C. The second-order valence-corrected chi connectivity index (χ2v) is 8.35. The van der Waals surface area contributed by atoms with Crippen LogP contribution < -0.4 is 5.32 Å². The van der Waals surface area contributed by atoms with Gasteiger partial charge >= 0.3 is 5.97 Å². The Bertz CT molecular complexity index is 757. The summed E-state index contributed by atoms with van der Waals surface area (Å²) in [7, 11) is 0. The van der Waals surface area contributed by atoms with Crippen LogP contribution in [-0.2, 0) is 13.1 Å². The molecule has 0 aliphatic carbocycles.